The van der Waals surface area contributed by atoms with Gasteiger partial charge in [0.1, 0.15) is 6.61 Å². The molecule has 0 aromatic heterocycles. The van der Waals surface area contributed by atoms with E-state index in [1.807, 2.05) is 19.1 Å². The molecular weight excluding hydrogens is 256 g/mol. The molecule has 1 aromatic carbocycles. The van der Waals surface area contributed by atoms with Crippen LogP contribution in [0.5, 0.6) is 5.75 Å². The molecule has 2 atom stereocenters. The molecule has 20 heavy (non-hydrogen) atoms. The second-order valence-corrected chi connectivity index (χ2v) is 5.27. The summed E-state index contributed by atoms with van der Waals surface area (Å²) in [6.45, 7) is 4.13. The van der Waals surface area contributed by atoms with E-state index < -0.39 is 0 Å². The number of hydrogen-bond donors (Lipinski definition) is 2. The fraction of sp³-hybridized carbons (Fsp3) is 0.533. The summed E-state index contributed by atoms with van der Waals surface area (Å²) in [6.07, 6.45) is 2.20. The molecule has 0 bridgehead atoms. The predicted molar refractivity (Wildman–Crippen MR) is 76.3 cm³/mol. The molecular formula is C15H20N2O3. The highest BCUT2D eigenvalue weighted by molar-refractivity contribution is 5.99. The van der Waals surface area contributed by atoms with E-state index in [1.54, 1.807) is 6.07 Å². The molecule has 1 aromatic rings. The molecule has 108 valence electrons. The van der Waals surface area contributed by atoms with Crippen LogP contribution < -0.4 is 15.4 Å². The average molecular weight is 276 g/mol. The standard InChI is InChI=1S/C15H20N2O3/c1-10(13-6-3-8-19-13)17-15(18)11-4-2-5-12-14(11)20-9-7-16-12/h2,4-5,10,13,16H,3,6-9H2,1H3,(H,17,18). The Balaban J connectivity index is 1.73. The number of para-hydroxylation sites is 1. The van der Waals surface area contributed by atoms with Crippen molar-refractivity contribution in [2.75, 3.05) is 25.1 Å². The SMILES string of the molecule is CC(NC(=O)c1cccc2c1OCCN2)C1CCCO1. The largest absolute Gasteiger partial charge is 0.489 e. The van der Waals surface area contributed by atoms with Gasteiger partial charge in [-0.25, -0.2) is 0 Å². The molecule has 0 radical (unpaired) electrons. The van der Waals surface area contributed by atoms with Crippen LogP contribution in [0.15, 0.2) is 18.2 Å². The van der Waals surface area contributed by atoms with Crippen molar-refractivity contribution in [2.24, 2.45) is 0 Å². The van der Waals surface area contributed by atoms with Gasteiger partial charge in [0.15, 0.2) is 5.75 Å². The van der Waals surface area contributed by atoms with Gasteiger partial charge in [0.2, 0.25) is 0 Å². The van der Waals surface area contributed by atoms with Gasteiger partial charge >= 0.3 is 0 Å². The van der Waals surface area contributed by atoms with Crippen LogP contribution in [0.3, 0.4) is 0 Å². The highest BCUT2D eigenvalue weighted by atomic mass is 16.5. The minimum atomic E-state index is -0.103. The first kappa shape index (κ1) is 13.2. The van der Waals surface area contributed by atoms with Crippen molar-refractivity contribution in [1.29, 1.82) is 0 Å². The number of anilines is 1. The predicted octanol–water partition coefficient (Wildman–Crippen LogP) is 1.79. The summed E-state index contributed by atoms with van der Waals surface area (Å²) in [7, 11) is 0. The minimum Gasteiger partial charge on any atom is -0.489 e. The molecule has 5 nitrogen and oxygen atoms in total. The smallest absolute Gasteiger partial charge is 0.255 e. The highest BCUT2D eigenvalue weighted by Gasteiger charge is 2.26. The fourth-order valence-corrected chi connectivity index (χ4v) is 2.72. The number of ether oxygens (including phenoxy) is 2. The Bertz CT molecular complexity index is 498. The maximum absolute atomic E-state index is 12.4. The normalized spacial score (nSPS) is 22.4. The fourth-order valence-electron chi connectivity index (χ4n) is 2.72. The molecule has 0 spiro atoms. The van der Waals surface area contributed by atoms with Crippen LogP contribution in [0.25, 0.3) is 0 Å². The molecule has 1 fully saturated rings. The van der Waals surface area contributed by atoms with Gasteiger partial charge < -0.3 is 20.1 Å². The van der Waals surface area contributed by atoms with Crippen LogP contribution in [0.4, 0.5) is 5.69 Å². The Labute approximate surface area is 118 Å². The van der Waals surface area contributed by atoms with E-state index in [1.165, 1.54) is 0 Å². The van der Waals surface area contributed by atoms with Crippen LogP contribution in [-0.2, 0) is 4.74 Å². The zero-order valence-electron chi connectivity index (χ0n) is 11.6. The summed E-state index contributed by atoms with van der Waals surface area (Å²) in [5, 5.41) is 6.25. The second-order valence-electron chi connectivity index (χ2n) is 5.27. The maximum atomic E-state index is 12.4. The number of hydrogen-bond acceptors (Lipinski definition) is 4. The van der Waals surface area contributed by atoms with E-state index in [0.717, 1.165) is 31.7 Å². The van der Waals surface area contributed by atoms with E-state index in [4.69, 9.17) is 9.47 Å². The van der Waals surface area contributed by atoms with Gasteiger partial charge in [-0.05, 0) is 31.9 Å². The van der Waals surface area contributed by atoms with E-state index in [-0.39, 0.29) is 18.1 Å². The monoisotopic (exact) mass is 276 g/mol. The zero-order valence-corrected chi connectivity index (χ0v) is 11.6. The first-order valence-electron chi connectivity index (χ1n) is 7.18. The maximum Gasteiger partial charge on any atom is 0.255 e. The molecule has 0 aliphatic carbocycles. The summed E-state index contributed by atoms with van der Waals surface area (Å²) in [5.41, 5.74) is 1.47. The van der Waals surface area contributed by atoms with Crippen molar-refractivity contribution in [3.63, 3.8) is 0 Å². The Morgan fingerprint density at radius 3 is 3.15 bits per heavy atom. The summed E-state index contributed by atoms with van der Waals surface area (Å²) in [6, 6.07) is 5.60. The molecule has 3 rings (SSSR count). The summed E-state index contributed by atoms with van der Waals surface area (Å²) in [4.78, 5) is 12.4. The molecule has 2 heterocycles. The van der Waals surface area contributed by atoms with Gasteiger partial charge in [0, 0.05) is 13.2 Å². The number of fused-ring (bicyclic) bond motifs is 1. The number of carbonyl (C=O) groups is 1. The van der Waals surface area contributed by atoms with Crippen molar-refractivity contribution >= 4 is 11.6 Å². The molecule has 0 saturated carbocycles. The molecule has 1 saturated heterocycles. The lowest BCUT2D eigenvalue weighted by molar-refractivity contribution is 0.0710. The van der Waals surface area contributed by atoms with E-state index >= 15 is 0 Å². The molecule has 2 unspecified atom stereocenters. The Morgan fingerprint density at radius 1 is 1.45 bits per heavy atom. The van der Waals surface area contributed by atoms with Crippen LogP contribution >= 0.6 is 0 Å². The van der Waals surface area contributed by atoms with Crippen molar-refractivity contribution in [1.82, 2.24) is 5.32 Å². The molecule has 2 N–H and O–H groups in total. The van der Waals surface area contributed by atoms with Crippen molar-refractivity contribution in [3.8, 4) is 5.75 Å². The average Bonchev–Trinajstić information content (AvgIpc) is 3.01. The van der Waals surface area contributed by atoms with Crippen molar-refractivity contribution in [2.45, 2.75) is 31.9 Å². The Hall–Kier alpha value is -1.75. The van der Waals surface area contributed by atoms with Crippen LogP contribution in [0.2, 0.25) is 0 Å². The number of amides is 1. The van der Waals surface area contributed by atoms with Crippen LogP contribution in [-0.4, -0.2) is 37.8 Å². The van der Waals surface area contributed by atoms with Gasteiger partial charge in [0.25, 0.3) is 5.91 Å². The quantitative estimate of drug-likeness (QED) is 0.883. The Morgan fingerprint density at radius 2 is 2.35 bits per heavy atom. The number of rotatable bonds is 3. The highest BCUT2D eigenvalue weighted by Crippen LogP contribution is 2.31. The molecule has 2 aliphatic heterocycles. The molecule has 2 aliphatic rings. The Kier molecular flexibility index (Phi) is 3.78. The van der Waals surface area contributed by atoms with E-state index in [2.05, 4.69) is 10.6 Å². The molecule has 5 heteroatoms. The lowest BCUT2D eigenvalue weighted by Gasteiger charge is -2.23. The van der Waals surface area contributed by atoms with Gasteiger partial charge in [-0.3, -0.25) is 4.79 Å². The topological polar surface area (TPSA) is 59.6 Å². The summed E-state index contributed by atoms with van der Waals surface area (Å²) >= 11 is 0. The van der Waals surface area contributed by atoms with Crippen LogP contribution in [0, 0.1) is 0 Å². The minimum absolute atomic E-state index is 0.0115. The molecule has 1 amide bonds. The number of benzene rings is 1. The second kappa shape index (κ2) is 5.71. The van der Waals surface area contributed by atoms with Gasteiger partial charge in [-0.15, -0.1) is 0 Å². The first-order valence-corrected chi connectivity index (χ1v) is 7.18. The third kappa shape index (κ3) is 2.58. The summed E-state index contributed by atoms with van der Waals surface area (Å²) in [5.74, 6) is 0.546. The van der Waals surface area contributed by atoms with Crippen LogP contribution in [0.1, 0.15) is 30.1 Å². The number of nitrogens with one attached hydrogen (secondary N) is 2. The van der Waals surface area contributed by atoms with Gasteiger partial charge in [-0.1, -0.05) is 6.07 Å². The number of carbonyl (C=O) groups excluding carboxylic acids is 1. The summed E-state index contributed by atoms with van der Waals surface area (Å²) < 4.78 is 11.2. The van der Waals surface area contributed by atoms with E-state index in [0.29, 0.717) is 17.9 Å². The van der Waals surface area contributed by atoms with E-state index in [9.17, 15) is 4.79 Å². The van der Waals surface area contributed by atoms with Gasteiger partial charge in [-0.2, -0.15) is 0 Å². The van der Waals surface area contributed by atoms with Crippen molar-refractivity contribution in [3.05, 3.63) is 23.8 Å². The van der Waals surface area contributed by atoms with Crippen molar-refractivity contribution < 1.29 is 14.3 Å². The third-order valence-electron chi connectivity index (χ3n) is 3.80. The zero-order chi connectivity index (χ0) is 13.9. The third-order valence-corrected chi connectivity index (χ3v) is 3.80. The lowest BCUT2D eigenvalue weighted by Crippen LogP contribution is -2.41. The lowest BCUT2D eigenvalue weighted by atomic mass is 10.1. The van der Waals surface area contributed by atoms with Gasteiger partial charge in [0.05, 0.1) is 23.4 Å². The first-order chi connectivity index (χ1) is 9.75.